The zero-order valence-electron chi connectivity index (χ0n) is 37.7. The zero-order chi connectivity index (χ0) is 47.3. The lowest BCUT2D eigenvalue weighted by Gasteiger charge is -2.49. The van der Waals surface area contributed by atoms with Gasteiger partial charge in [-0.2, -0.15) is 0 Å². The first-order valence-corrected chi connectivity index (χ1v) is 22.5. The molecule has 0 aliphatic carbocycles. The van der Waals surface area contributed by atoms with Crippen molar-refractivity contribution in [1.29, 1.82) is 0 Å². The number of aliphatic hydroxyl groups excluding tert-OH is 4. The van der Waals surface area contributed by atoms with Gasteiger partial charge in [-0.3, -0.25) is 9.59 Å². The fourth-order valence-corrected chi connectivity index (χ4v) is 8.51. The van der Waals surface area contributed by atoms with Gasteiger partial charge in [0.15, 0.2) is 18.9 Å². The van der Waals surface area contributed by atoms with Crippen molar-refractivity contribution in [2.24, 2.45) is 0 Å². The second kappa shape index (κ2) is 24.5. The normalized spacial score (nSPS) is 32.0. The van der Waals surface area contributed by atoms with E-state index in [9.17, 15) is 30.0 Å². The Labute approximate surface area is 390 Å². The first-order chi connectivity index (χ1) is 32.5. The molecular weight excluding hydrogens is 869 g/mol. The summed E-state index contributed by atoms with van der Waals surface area (Å²) in [5, 5.41) is 49.2. The second-order valence-corrected chi connectivity index (χ2v) is 16.9. The lowest BCUT2D eigenvalue weighted by Crippen LogP contribution is -2.69. The van der Waals surface area contributed by atoms with E-state index in [0.29, 0.717) is 0 Å². The standard InChI is InChI=1S/C50H62N2O15/c1-30-43(59-25-33-16-8-4-9-17-33)46(61-27-35-20-12-6-13-21-35)47(62-28-36-22-14-7-15-23-36)50(64-30)63-29-38-44(67-49-39(51-31(2)54)42(57)41(56)37(24-53)66-49)45(40(48(58)65-38)52-32(3)55)60-26-34-18-10-5-11-19-34/h4-23,30,37-50,53,56-58H,24-29H2,1-3H3,(H,51,54)(H,52,55)/t30-,37+,38+,39+,40+,41+,42+,43+,44+,45+,46+,47-,48+,49-,50+/m0/s1. The number of benzene rings is 4. The average Bonchev–Trinajstić information content (AvgIpc) is 3.33. The van der Waals surface area contributed by atoms with Gasteiger partial charge in [0.25, 0.3) is 0 Å². The maximum atomic E-state index is 12.7. The molecule has 0 unspecified atom stereocenters. The number of hydrogen-bond acceptors (Lipinski definition) is 15. The summed E-state index contributed by atoms with van der Waals surface area (Å²) in [6, 6.07) is 35.7. The van der Waals surface area contributed by atoms with Crippen molar-refractivity contribution in [3.63, 3.8) is 0 Å². The molecule has 3 saturated heterocycles. The van der Waals surface area contributed by atoms with Gasteiger partial charge in [-0.15, -0.1) is 0 Å². The van der Waals surface area contributed by atoms with Gasteiger partial charge in [0.1, 0.15) is 67.0 Å². The minimum Gasteiger partial charge on any atom is -0.394 e. The van der Waals surface area contributed by atoms with Crippen LogP contribution < -0.4 is 10.6 Å². The minimum atomic E-state index is -1.66. The molecule has 2 amide bonds. The van der Waals surface area contributed by atoms with E-state index in [1.165, 1.54) is 13.8 Å². The van der Waals surface area contributed by atoms with Gasteiger partial charge >= 0.3 is 0 Å². The largest absolute Gasteiger partial charge is 0.394 e. The predicted octanol–water partition coefficient (Wildman–Crippen LogP) is 2.64. The molecular formula is C50H62N2O15. The van der Waals surface area contributed by atoms with Crippen LogP contribution in [0.15, 0.2) is 121 Å². The van der Waals surface area contributed by atoms with Gasteiger partial charge in [-0.05, 0) is 29.2 Å². The molecule has 67 heavy (non-hydrogen) atoms. The average molecular weight is 931 g/mol. The van der Waals surface area contributed by atoms with Crippen molar-refractivity contribution in [3.8, 4) is 0 Å². The number of rotatable bonds is 20. The molecule has 0 radical (unpaired) electrons. The molecule has 17 heteroatoms. The van der Waals surface area contributed by atoms with E-state index >= 15 is 0 Å². The number of aliphatic hydroxyl groups is 4. The second-order valence-electron chi connectivity index (χ2n) is 16.9. The van der Waals surface area contributed by atoms with Crippen molar-refractivity contribution >= 4 is 11.8 Å². The lowest BCUT2D eigenvalue weighted by molar-refractivity contribution is -0.350. The topological polar surface area (TPSA) is 222 Å². The Morgan fingerprint density at radius 2 is 0.955 bits per heavy atom. The van der Waals surface area contributed by atoms with Gasteiger partial charge in [-0.25, -0.2) is 0 Å². The Morgan fingerprint density at radius 3 is 1.43 bits per heavy atom. The van der Waals surface area contributed by atoms with Crippen molar-refractivity contribution in [2.45, 2.75) is 139 Å². The zero-order valence-corrected chi connectivity index (χ0v) is 37.7. The third-order valence-corrected chi connectivity index (χ3v) is 11.9. The van der Waals surface area contributed by atoms with Gasteiger partial charge in [0.2, 0.25) is 11.8 Å². The fourth-order valence-electron chi connectivity index (χ4n) is 8.51. The fraction of sp³-hybridized carbons (Fsp3) is 0.480. The van der Waals surface area contributed by atoms with Crippen LogP contribution >= 0.6 is 0 Å². The van der Waals surface area contributed by atoms with Crippen LogP contribution in [-0.4, -0.2) is 137 Å². The Kier molecular flexibility index (Phi) is 18.4. The Bertz CT molecular complexity index is 2090. The van der Waals surface area contributed by atoms with E-state index in [0.717, 1.165) is 22.3 Å². The summed E-state index contributed by atoms with van der Waals surface area (Å²) in [7, 11) is 0. The molecule has 3 aliphatic heterocycles. The monoisotopic (exact) mass is 930 g/mol. The smallest absolute Gasteiger partial charge is 0.217 e. The molecule has 17 nitrogen and oxygen atoms in total. The molecule has 0 bridgehead atoms. The van der Waals surface area contributed by atoms with Crippen LogP contribution in [0.5, 0.6) is 0 Å². The van der Waals surface area contributed by atoms with Crippen molar-refractivity contribution in [3.05, 3.63) is 144 Å². The predicted molar refractivity (Wildman–Crippen MR) is 239 cm³/mol. The minimum absolute atomic E-state index is 0.00749. The van der Waals surface area contributed by atoms with Crippen molar-refractivity contribution < 1.29 is 72.6 Å². The highest BCUT2D eigenvalue weighted by molar-refractivity contribution is 5.73. The summed E-state index contributed by atoms with van der Waals surface area (Å²) in [6.07, 6.45) is -15.6. The highest BCUT2D eigenvalue weighted by Crippen LogP contribution is 2.34. The Hall–Kier alpha value is -4.70. The molecule has 4 aromatic carbocycles. The van der Waals surface area contributed by atoms with Gasteiger partial charge < -0.3 is 73.7 Å². The van der Waals surface area contributed by atoms with Crippen LogP contribution in [0.2, 0.25) is 0 Å². The molecule has 3 aliphatic rings. The van der Waals surface area contributed by atoms with Crippen LogP contribution in [0.25, 0.3) is 0 Å². The number of amides is 2. The quantitative estimate of drug-likeness (QED) is 0.0750. The van der Waals surface area contributed by atoms with Crippen LogP contribution in [0.4, 0.5) is 0 Å². The number of carbonyl (C=O) groups excluding carboxylic acids is 2. The molecule has 3 heterocycles. The molecule has 362 valence electrons. The van der Waals surface area contributed by atoms with E-state index < -0.39 is 110 Å². The van der Waals surface area contributed by atoms with Crippen LogP contribution in [0.1, 0.15) is 43.0 Å². The Balaban J connectivity index is 1.22. The molecule has 0 saturated carbocycles. The summed E-state index contributed by atoms with van der Waals surface area (Å²) >= 11 is 0. The molecule has 3 fully saturated rings. The van der Waals surface area contributed by atoms with E-state index in [1.807, 2.05) is 128 Å². The molecule has 4 aromatic rings. The van der Waals surface area contributed by atoms with E-state index in [2.05, 4.69) is 10.6 Å². The van der Waals surface area contributed by atoms with E-state index in [4.69, 9.17) is 42.6 Å². The Morgan fingerprint density at radius 1 is 0.507 bits per heavy atom. The van der Waals surface area contributed by atoms with Gasteiger partial charge in [0.05, 0.1) is 45.7 Å². The third-order valence-electron chi connectivity index (χ3n) is 11.9. The summed E-state index contributed by atoms with van der Waals surface area (Å²) < 4.78 is 58.7. The highest BCUT2D eigenvalue weighted by atomic mass is 16.7. The van der Waals surface area contributed by atoms with E-state index in [1.54, 1.807) is 0 Å². The number of carbonyl (C=O) groups is 2. The molecule has 0 aromatic heterocycles. The molecule has 15 atom stereocenters. The molecule has 6 N–H and O–H groups in total. The van der Waals surface area contributed by atoms with Crippen LogP contribution in [0.3, 0.4) is 0 Å². The maximum absolute atomic E-state index is 12.7. The van der Waals surface area contributed by atoms with Crippen molar-refractivity contribution in [2.75, 3.05) is 13.2 Å². The molecule has 0 spiro atoms. The number of nitrogens with one attached hydrogen (secondary N) is 2. The SMILES string of the molecule is CC(=O)N[C@@H]1[C@@H](OCc2ccccc2)[C@H](O[C@@H]2O[C@H](CO)[C@@H](O)[C@H](O)[C@H]2NC(C)=O)[C@@H](CO[C@@H]2O[C@@H](C)[C@@H](OCc3ccccc3)[C@@H](OCc3ccccc3)[C@@H]2OCc2ccccc2)O[C@H]1O. The first-order valence-electron chi connectivity index (χ1n) is 22.5. The van der Waals surface area contributed by atoms with Crippen LogP contribution in [0, 0.1) is 0 Å². The summed E-state index contributed by atoms with van der Waals surface area (Å²) in [5.41, 5.74) is 3.51. The van der Waals surface area contributed by atoms with Crippen LogP contribution in [-0.2, 0) is 78.6 Å². The first kappa shape index (κ1) is 50.2. The third kappa shape index (κ3) is 13.5. The summed E-state index contributed by atoms with van der Waals surface area (Å²) in [6.45, 7) is 3.92. The maximum Gasteiger partial charge on any atom is 0.217 e. The number of hydrogen-bond donors (Lipinski definition) is 6. The lowest BCUT2D eigenvalue weighted by atomic mass is 9.94. The number of ether oxygens (including phenoxy) is 9. The highest BCUT2D eigenvalue weighted by Gasteiger charge is 2.54. The van der Waals surface area contributed by atoms with Gasteiger partial charge in [0, 0.05) is 13.8 Å². The molecule has 7 rings (SSSR count). The van der Waals surface area contributed by atoms with E-state index in [-0.39, 0.29) is 33.0 Å². The van der Waals surface area contributed by atoms with Crippen molar-refractivity contribution in [1.82, 2.24) is 10.6 Å². The van der Waals surface area contributed by atoms with Gasteiger partial charge in [-0.1, -0.05) is 121 Å². The summed E-state index contributed by atoms with van der Waals surface area (Å²) in [5.74, 6) is -1.08. The summed E-state index contributed by atoms with van der Waals surface area (Å²) in [4.78, 5) is 25.1.